The van der Waals surface area contributed by atoms with Crippen LogP contribution in [0, 0.1) is 13.8 Å². The molecule has 0 atom stereocenters. The van der Waals surface area contributed by atoms with Gasteiger partial charge in [0.05, 0.1) is 12.0 Å². The monoisotopic (exact) mass is 417 g/mol. The van der Waals surface area contributed by atoms with Gasteiger partial charge in [0.25, 0.3) is 0 Å². The van der Waals surface area contributed by atoms with Gasteiger partial charge in [-0.1, -0.05) is 29.8 Å². The highest BCUT2D eigenvalue weighted by molar-refractivity contribution is 6.08. The fourth-order valence-electron chi connectivity index (χ4n) is 3.21. The summed E-state index contributed by atoms with van der Waals surface area (Å²) in [6, 6.07) is 15.8. The van der Waals surface area contributed by atoms with Crippen molar-refractivity contribution in [3.8, 4) is 5.75 Å². The zero-order valence-corrected chi connectivity index (χ0v) is 17.6. The molecule has 7 heteroatoms. The number of hydrogen-bond acceptors (Lipinski definition) is 7. The number of rotatable bonds is 7. The molecule has 0 bridgehead atoms. The third kappa shape index (κ3) is 4.50. The summed E-state index contributed by atoms with van der Waals surface area (Å²) in [5.41, 5.74) is 3.78. The van der Waals surface area contributed by atoms with Gasteiger partial charge >= 0.3 is 5.97 Å². The van der Waals surface area contributed by atoms with Gasteiger partial charge in [-0.25, -0.2) is 14.8 Å². The molecule has 2 aromatic heterocycles. The van der Waals surface area contributed by atoms with E-state index < -0.39 is 5.97 Å². The molecule has 0 spiro atoms. The van der Waals surface area contributed by atoms with E-state index in [4.69, 9.17) is 13.9 Å². The normalized spacial score (nSPS) is 10.8. The van der Waals surface area contributed by atoms with E-state index in [0.29, 0.717) is 34.8 Å². The van der Waals surface area contributed by atoms with Crippen LogP contribution in [0.15, 0.2) is 59.3 Å². The molecule has 31 heavy (non-hydrogen) atoms. The van der Waals surface area contributed by atoms with Crippen molar-refractivity contribution in [3.05, 3.63) is 77.3 Å². The lowest BCUT2D eigenvalue weighted by molar-refractivity contribution is 0.0526. The molecule has 0 saturated heterocycles. The molecule has 0 aliphatic carbocycles. The SMILES string of the molecule is CCOC(=O)c1c(C)oc2ncnc(Nc3ccc(OCc4ccc(C)cc4)cc3)c12. The smallest absolute Gasteiger partial charge is 0.342 e. The van der Waals surface area contributed by atoms with E-state index in [9.17, 15) is 4.79 Å². The maximum absolute atomic E-state index is 12.4. The minimum Gasteiger partial charge on any atom is -0.489 e. The van der Waals surface area contributed by atoms with Gasteiger partial charge < -0.3 is 19.2 Å². The van der Waals surface area contributed by atoms with Crippen molar-refractivity contribution in [2.24, 2.45) is 0 Å². The predicted octanol–water partition coefficient (Wildman–Crippen LogP) is 5.34. The summed E-state index contributed by atoms with van der Waals surface area (Å²) in [6.07, 6.45) is 1.39. The molecule has 4 aromatic rings. The number of carbonyl (C=O) groups is 1. The van der Waals surface area contributed by atoms with Crippen LogP contribution in [-0.2, 0) is 11.3 Å². The molecule has 0 aliphatic heterocycles. The minimum absolute atomic E-state index is 0.269. The number of anilines is 2. The number of fused-ring (bicyclic) bond motifs is 1. The second-order valence-electron chi connectivity index (χ2n) is 7.08. The molecule has 0 radical (unpaired) electrons. The Morgan fingerprint density at radius 1 is 1.03 bits per heavy atom. The zero-order valence-electron chi connectivity index (χ0n) is 17.6. The zero-order chi connectivity index (χ0) is 21.8. The predicted molar refractivity (Wildman–Crippen MR) is 118 cm³/mol. The number of aryl methyl sites for hydroxylation is 2. The second-order valence-corrected chi connectivity index (χ2v) is 7.08. The summed E-state index contributed by atoms with van der Waals surface area (Å²) < 4.78 is 16.7. The fourth-order valence-corrected chi connectivity index (χ4v) is 3.21. The molecular weight excluding hydrogens is 394 g/mol. The summed E-state index contributed by atoms with van der Waals surface area (Å²) in [6.45, 7) is 6.29. The molecule has 0 fully saturated rings. The number of benzene rings is 2. The maximum atomic E-state index is 12.4. The highest BCUT2D eigenvalue weighted by Gasteiger charge is 2.23. The molecule has 0 saturated carbocycles. The lowest BCUT2D eigenvalue weighted by Crippen LogP contribution is -2.06. The summed E-state index contributed by atoms with van der Waals surface area (Å²) >= 11 is 0. The Morgan fingerprint density at radius 2 is 1.77 bits per heavy atom. The summed E-state index contributed by atoms with van der Waals surface area (Å²) in [5.74, 6) is 1.21. The summed E-state index contributed by atoms with van der Waals surface area (Å²) in [7, 11) is 0. The minimum atomic E-state index is -0.462. The van der Waals surface area contributed by atoms with Crippen LogP contribution < -0.4 is 10.1 Å². The van der Waals surface area contributed by atoms with E-state index in [-0.39, 0.29) is 6.61 Å². The molecular formula is C24H23N3O4. The van der Waals surface area contributed by atoms with Crippen molar-refractivity contribution < 1.29 is 18.7 Å². The van der Waals surface area contributed by atoms with E-state index in [2.05, 4.69) is 46.5 Å². The van der Waals surface area contributed by atoms with Crippen LogP contribution in [0.1, 0.15) is 34.2 Å². The van der Waals surface area contributed by atoms with Crippen LogP contribution in [0.5, 0.6) is 5.75 Å². The Bertz CT molecular complexity index is 1200. The first-order valence-corrected chi connectivity index (χ1v) is 10.0. The molecule has 0 amide bonds. The van der Waals surface area contributed by atoms with Gasteiger partial charge in [0.2, 0.25) is 5.71 Å². The van der Waals surface area contributed by atoms with Crippen LogP contribution >= 0.6 is 0 Å². The van der Waals surface area contributed by atoms with Gasteiger partial charge in [0, 0.05) is 5.69 Å². The molecule has 0 unspecified atom stereocenters. The number of aromatic nitrogens is 2. The Labute approximate surface area is 180 Å². The van der Waals surface area contributed by atoms with E-state index in [1.54, 1.807) is 13.8 Å². The standard InChI is InChI=1S/C24H23N3O4/c1-4-29-24(28)20-16(3)31-23-21(20)22(25-14-26-23)27-18-9-11-19(12-10-18)30-13-17-7-5-15(2)6-8-17/h5-12,14H,4,13H2,1-3H3,(H,25,26,27). The van der Waals surface area contributed by atoms with Crippen molar-refractivity contribution >= 4 is 28.6 Å². The van der Waals surface area contributed by atoms with Crippen molar-refractivity contribution in [3.63, 3.8) is 0 Å². The van der Waals surface area contributed by atoms with Crippen molar-refractivity contribution in [2.45, 2.75) is 27.4 Å². The first-order chi connectivity index (χ1) is 15.0. The van der Waals surface area contributed by atoms with Crippen molar-refractivity contribution in [1.29, 1.82) is 0 Å². The first kappa shape index (κ1) is 20.4. The number of esters is 1. The topological polar surface area (TPSA) is 86.5 Å². The van der Waals surface area contributed by atoms with Crippen LogP contribution in [-0.4, -0.2) is 22.5 Å². The molecule has 1 N–H and O–H groups in total. The van der Waals surface area contributed by atoms with E-state index in [1.165, 1.54) is 11.9 Å². The molecule has 0 aliphatic rings. The lowest BCUT2D eigenvalue weighted by atomic mass is 10.1. The fraction of sp³-hybridized carbons (Fsp3) is 0.208. The average Bonchev–Trinajstić information content (AvgIpc) is 3.11. The largest absolute Gasteiger partial charge is 0.489 e. The van der Waals surface area contributed by atoms with Gasteiger partial charge in [-0.15, -0.1) is 0 Å². The Hall–Kier alpha value is -3.87. The third-order valence-electron chi connectivity index (χ3n) is 4.79. The molecule has 158 valence electrons. The Kier molecular flexibility index (Phi) is 5.84. The van der Waals surface area contributed by atoms with Crippen molar-refractivity contribution in [2.75, 3.05) is 11.9 Å². The van der Waals surface area contributed by atoms with Gasteiger partial charge in [0.1, 0.15) is 35.8 Å². The molecule has 2 heterocycles. The number of carbonyl (C=O) groups excluding carboxylic acids is 1. The molecule has 4 rings (SSSR count). The van der Waals surface area contributed by atoms with Crippen molar-refractivity contribution in [1.82, 2.24) is 9.97 Å². The average molecular weight is 417 g/mol. The van der Waals surface area contributed by atoms with E-state index in [0.717, 1.165) is 17.0 Å². The highest BCUT2D eigenvalue weighted by Crippen LogP contribution is 2.31. The molecule has 2 aromatic carbocycles. The van der Waals surface area contributed by atoms with Gasteiger partial charge in [-0.05, 0) is 50.6 Å². The van der Waals surface area contributed by atoms with Crippen LogP contribution in [0.25, 0.3) is 11.1 Å². The van der Waals surface area contributed by atoms with E-state index >= 15 is 0 Å². The van der Waals surface area contributed by atoms with Gasteiger partial charge in [0.15, 0.2) is 0 Å². The number of hydrogen-bond donors (Lipinski definition) is 1. The Morgan fingerprint density at radius 3 is 2.48 bits per heavy atom. The van der Waals surface area contributed by atoms with Gasteiger partial charge in [-0.2, -0.15) is 0 Å². The third-order valence-corrected chi connectivity index (χ3v) is 4.79. The summed E-state index contributed by atoms with van der Waals surface area (Å²) in [5, 5.41) is 3.73. The van der Waals surface area contributed by atoms with Crippen LogP contribution in [0.2, 0.25) is 0 Å². The quantitative estimate of drug-likeness (QED) is 0.406. The maximum Gasteiger partial charge on any atom is 0.342 e. The second kappa shape index (κ2) is 8.87. The highest BCUT2D eigenvalue weighted by atomic mass is 16.5. The number of nitrogens with one attached hydrogen (secondary N) is 1. The van der Waals surface area contributed by atoms with Crippen LogP contribution in [0.3, 0.4) is 0 Å². The van der Waals surface area contributed by atoms with E-state index in [1.807, 2.05) is 24.3 Å². The number of ether oxygens (including phenoxy) is 2. The van der Waals surface area contributed by atoms with Crippen LogP contribution in [0.4, 0.5) is 11.5 Å². The Balaban J connectivity index is 1.52. The number of furan rings is 1. The first-order valence-electron chi connectivity index (χ1n) is 10.0. The number of nitrogens with zero attached hydrogens (tertiary/aromatic N) is 2. The summed E-state index contributed by atoms with van der Waals surface area (Å²) in [4.78, 5) is 20.9. The van der Waals surface area contributed by atoms with Gasteiger partial charge in [-0.3, -0.25) is 0 Å². The molecule has 7 nitrogen and oxygen atoms in total. The lowest BCUT2D eigenvalue weighted by Gasteiger charge is -2.10.